The van der Waals surface area contributed by atoms with Crippen LogP contribution in [0.25, 0.3) is 0 Å². The fourth-order valence-electron chi connectivity index (χ4n) is 1.89. The highest BCUT2D eigenvalue weighted by molar-refractivity contribution is 7.11. The molecule has 1 aromatic carbocycles. The summed E-state index contributed by atoms with van der Waals surface area (Å²) >= 11 is 1.76. The monoisotopic (exact) mass is 276 g/mol. The maximum atomic E-state index is 5.69. The predicted octanol–water partition coefficient (Wildman–Crippen LogP) is 3.24. The summed E-state index contributed by atoms with van der Waals surface area (Å²) in [6.45, 7) is 8.56. The number of benzene rings is 1. The van der Waals surface area contributed by atoms with Gasteiger partial charge in [0.2, 0.25) is 0 Å². The number of aromatic nitrogens is 1. The minimum absolute atomic E-state index is 0.681. The van der Waals surface area contributed by atoms with Gasteiger partial charge in [0.15, 0.2) is 0 Å². The molecule has 102 valence electrons. The molecule has 1 aromatic heterocycles. The smallest absolute Gasteiger partial charge is 0.119 e. The summed E-state index contributed by atoms with van der Waals surface area (Å²) < 4.78 is 5.69. The van der Waals surface area contributed by atoms with Crippen LogP contribution in [0.5, 0.6) is 5.75 Å². The second kappa shape index (κ2) is 6.68. The molecule has 0 aliphatic heterocycles. The molecule has 19 heavy (non-hydrogen) atoms. The summed E-state index contributed by atoms with van der Waals surface area (Å²) in [6, 6.07) is 8.13. The van der Waals surface area contributed by atoms with E-state index in [1.807, 2.05) is 19.1 Å². The van der Waals surface area contributed by atoms with Crippen molar-refractivity contribution in [2.24, 2.45) is 0 Å². The van der Waals surface area contributed by atoms with Crippen molar-refractivity contribution < 1.29 is 4.74 Å². The SMILES string of the molecule is Cc1cccc(OCCNCc2sc(C)nc2C)c1. The summed E-state index contributed by atoms with van der Waals surface area (Å²) in [5.74, 6) is 0.937. The lowest BCUT2D eigenvalue weighted by atomic mass is 10.2. The van der Waals surface area contributed by atoms with Crippen molar-refractivity contribution in [3.05, 3.63) is 45.4 Å². The molecule has 0 amide bonds. The Kier molecular flexibility index (Phi) is 4.93. The Morgan fingerprint density at radius 3 is 2.79 bits per heavy atom. The number of aryl methyl sites for hydroxylation is 3. The third-order valence-corrected chi connectivity index (χ3v) is 3.90. The molecule has 2 aromatic rings. The van der Waals surface area contributed by atoms with Crippen molar-refractivity contribution in [2.45, 2.75) is 27.3 Å². The first-order valence-corrected chi connectivity index (χ1v) is 7.30. The van der Waals surface area contributed by atoms with Crippen molar-refractivity contribution in [3.8, 4) is 5.75 Å². The van der Waals surface area contributed by atoms with Gasteiger partial charge in [-0.2, -0.15) is 0 Å². The van der Waals surface area contributed by atoms with Crippen LogP contribution in [-0.4, -0.2) is 18.1 Å². The van der Waals surface area contributed by atoms with Crippen LogP contribution < -0.4 is 10.1 Å². The molecule has 2 rings (SSSR count). The highest BCUT2D eigenvalue weighted by Crippen LogP contribution is 2.16. The Morgan fingerprint density at radius 1 is 1.26 bits per heavy atom. The van der Waals surface area contributed by atoms with Crippen molar-refractivity contribution >= 4 is 11.3 Å². The van der Waals surface area contributed by atoms with Gasteiger partial charge in [-0.15, -0.1) is 11.3 Å². The van der Waals surface area contributed by atoms with Crippen LogP contribution in [0.1, 0.15) is 21.1 Å². The summed E-state index contributed by atoms with van der Waals surface area (Å²) in [5, 5.41) is 4.52. The van der Waals surface area contributed by atoms with Gasteiger partial charge in [0.25, 0.3) is 0 Å². The molecule has 0 atom stereocenters. The Hall–Kier alpha value is -1.39. The van der Waals surface area contributed by atoms with E-state index in [9.17, 15) is 0 Å². The number of nitrogens with zero attached hydrogens (tertiary/aromatic N) is 1. The van der Waals surface area contributed by atoms with Crippen LogP contribution in [0.3, 0.4) is 0 Å². The van der Waals surface area contributed by atoms with E-state index in [1.165, 1.54) is 10.4 Å². The van der Waals surface area contributed by atoms with Crippen molar-refractivity contribution in [1.82, 2.24) is 10.3 Å². The first kappa shape index (κ1) is 14.0. The summed E-state index contributed by atoms with van der Waals surface area (Å²) in [4.78, 5) is 5.73. The molecular weight excluding hydrogens is 256 g/mol. The molecule has 0 radical (unpaired) electrons. The lowest BCUT2D eigenvalue weighted by Crippen LogP contribution is -2.20. The van der Waals surface area contributed by atoms with Crippen LogP contribution in [-0.2, 0) is 6.54 Å². The van der Waals surface area contributed by atoms with Gasteiger partial charge < -0.3 is 10.1 Å². The van der Waals surface area contributed by atoms with Gasteiger partial charge in [0.1, 0.15) is 12.4 Å². The third kappa shape index (κ3) is 4.33. The molecule has 0 bridgehead atoms. The molecule has 0 saturated heterocycles. The fraction of sp³-hybridized carbons (Fsp3) is 0.400. The van der Waals surface area contributed by atoms with E-state index in [4.69, 9.17) is 4.74 Å². The van der Waals surface area contributed by atoms with E-state index >= 15 is 0 Å². The highest BCUT2D eigenvalue weighted by Gasteiger charge is 2.03. The van der Waals surface area contributed by atoms with Crippen molar-refractivity contribution in [2.75, 3.05) is 13.2 Å². The third-order valence-electron chi connectivity index (χ3n) is 2.82. The predicted molar refractivity (Wildman–Crippen MR) is 80.0 cm³/mol. The Balaban J connectivity index is 1.69. The van der Waals surface area contributed by atoms with Gasteiger partial charge in [-0.25, -0.2) is 4.98 Å². The van der Waals surface area contributed by atoms with Gasteiger partial charge in [0, 0.05) is 18.0 Å². The van der Waals surface area contributed by atoms with Crippen LogP contribution in [0.4, 0.5) is 0 Å². The lowest BCUT2D eigenvalue weighted by Gasteiger charge is -2.07. The summed E-state index contributed by atoms with van der Waals surface area (Å²) in [6.07, 6.45) is 0. The van der Waals surface area contributed by atoms with Crippen molar-refractivity contribution in [1.29, 1.82) is 0 Å². The van der Waals surface area contributed by atoms with Crippen molar-refractivity contribution in [3.63, 3.8) is 0 Å². The number of nitrogens with one attached hydrogen (secondary N) is 1. The molecule has 1 heterocycles. The quantitative estimate of drug-likeness (QED) is 0.822. The first-order chi connectivity index (χ1) is 9.15. The summed E-state index contributed by atoms with van der Waals surface area (Å²) in [5.41, 5.74) is 2.36. The molecule has 0 aliphatic carbocycles. The second-order valence-corrected chi connectivity index (χ2v) is 5.87. The van der Waals surface area contributed by atoms with E-state index in [1.54, 1.807) is 11.3 Å². The molecule has 0 fully saturated rings. The standard InChI is InChI=1S/C15H20N2OS/c1-11-5-4-6-14(9-11)18-8-7-16-10-15-12(2)17-13(3)19-15/h4-6,9,16H,7-8,10H2,1-3H3. The normalized spacial score (nSPS) is 10.7. The van der Waals surface area contributed by atoms with E-state index in [2.05, 4.69) is 36.3 Å². The number of hydrogen-bond acceptors (Lipinski definition) is 4. The van der Waals surface area contributed by atoms with Gasteiger partial charge in [0.05, 0.1) is 10.7 Å². The summed E-state index contributed by atoms with van der Waals surface area (Å²) in [7, 11) is 0. The van der Waals surface area contributed by atoms with Crippen LogP contribution >= 0.6 is 11.3 Å². The number of thiazole rings is 1. The topological polar surface area (TPSA) is 34.1 Å². The minimum Gasteiger partial charge on any atom is -0.492 e. The molecule has 0 aliphatic rings. The van der Waals surface area contributed by atoms with Crippen LogP contribution in [0.2, 0.25) is 0 Å². The first-order valence-electron chi connectivity index (χ1n) is 6.48. The second-order valence-electron chi connectivity index (χ2n) is 4.58. The molecular formula is C15H20N2OS. The zero-order chi connectivity index (χ0) is 13.7. The number of ether oxygens (including phenoxy) is 1. The minimum atomic E-state index is 0.681. The maximum absolute atomic E-state index is 5.69. The Morgan fingerprint density at radius 2 is 2.11 bits per heavy atom. The van der Waals surface area contributed by atoms with Gasteiger partial charge in [-0.05, 0) is 38.5 Å². The van der Waals surface area contributed by atoms with E-state index < -0.39 is 0 Å². The van der Waals surface area contributed by atoms with Crippen LogP contribution in [0, 0.1) is 20.8 Å². The van der Waals surface area contributed by atoms with E-state index in [-0.39, 0.29) is 0 Å². The molecule has 0 spiro atoms. The zero-order valence-corrected chi connectivity index (χ0v) is 12.5. The van der Waals surface area contributed by atoms with E-state index in [0.29, 0.717) is 6.61 Å². The lowest BCUT2D eigenvalue weighted by molar-refractivity contribution is 0.313. The van der Waals surface area contributed by atoms with Gasteiger partial charge >= 0.3 is 0 Å². The maximum Gasteiger partial charge on any atom is 0.119 e. The van der Waals surface area contributed by atoms with Gasteiger partial charge in [-0.3, -0.25) is 0 Å². The van der Waals surface area contributed by atoms with E-state index in [0.717, 1.165) is 29.5 Å². The largest absolute Gasteiger partial charge is 0.492 e. The molecule has 4 heteroatoms. The van der Waals surface area contributed by atoms with Crippen LogP contribution in [0.15, 0.2) is 24.3 Å². The average molecular weight is 276 g/mol. The Labute approximate surface area is 118 Å². The molecule has 3 nitrogen and oxygen atoms in total. The Bertz CT molecular complexity index is 537. The molecule has 1 N–H and O–H groups in total. The molecule has 0 saturated carbocycles. The zero-order valence-electron chi connectivity index (χ0n) is 11.7. The average Bonchev–Trinajstić information content (AvgIpc) is 2.68. The number of hydrogen-bond donors (Lipinski definition) is 1. The fourth-order valence-corrected chi connectivity index (χ4v) is 2.79. The molecule has 0 unspecified atom stereocenters. The van der Waals surface area contributed by atoms with Gasteiger partial charge in [-0.1, -0.05) is 12.1 Å². The highest BCUT2D eigenvalue weighted by atomic mass is 32.1. The number of rotatable bonds is 6.